The second kappa shape index (κ2) is 6.44. The SMILES string of the molecule is CCC(N)CCC1CCC(CC)CC1. The number of hydrogen-bond donors (Lipinski definition) is 1. The molecule has 0 heterocycles. The van der Waals surface area contributed by atoms with Gasteiger partial charge in [-0.25, -0.2) is 0 Å². The van der Waals surface area contributed by atoms with Gasteiger partial charge in [0.25, 0.3) is 0 Å². The third-order valence-electron chi connectivity index (χ3n) is 4.01. The van der Waals surface area contributed by atoms with Crippen LogP contribution in [0.25, 0.3) is 0 Å². The summed E-state index contributed by atoms with van der Waals surface area (Å²) in [7, 11) is 0. The van der Waals surface area contributed by atoms with E-state index in [4.69, 9.17) is 5.73 Å². The second-order valence-corrected chi connectivity index (χ2v) is 5.04. The van der Waals surface area contributed by atoms with Gasteiger partial charge in [-0.15, -0.1) is 0 Å². The molecule has 1 atom stereocenters. The Hall–Kier alpha value is -0.0400. The zero-order valence-electron chi connectivity index (χ0n) is 9.97. The fraction of sp³-hybridized carbons (Fsp3) is 1.00. The predicted octanol–water partition coefficient (Wildman–Crippen LogP) is 3.72. The standard InChI is InChI=1S/C13H27N/c1-3-11-5-7-12(8-6-11)9-10-13(14)4-2/h11-13H,3-10,14H2,1-2H3. The molecule has 0 bridgehead atoms. The Morgan fingerprint density at radius 2 is 1.64 bits per heavy atom. The molecule has 0 aromatic carbocycles. The Morgan fingerprint density at radius 3 is 2.14 bits per heavy atom. The first-order chi connectivity index (χ1) is 6.76. The van der Waals surface area contributed by atoms with Crippen LogP contribution in [-0.2, 0) is 0 Å². The first kappa shape index (κ1) is 12.0. The Labute approximate surface area is 89.5 Å². The second-order valence-electron chi connectivity index (χ2n) is 5.04. The predicted molar refractivity (Wildman–Crippen MR) is 63.2 cm³/mol. The minimum Gasteiger partial charge on any atom is -0.328 e. The summed E-state index contributed by atoms with van der Waals surface area (Å²) in [5, 5.41) is 0. The highest BCUT2D eigenvalue weighted by atomic mass is 14.6. The molecule has 0 aromatic rings. The largest absolute Gasteiger partial charge is 0.328 e. The van der Waals surface area contributed by atoms with E-state index in [1.165, 1.54) is 44.9 Å². The van der Waals surface area contributed by atoms with Crippen LogP contribution >= 0.6 is 0 Å². The zero-order valence-corrected chi connectivity index (χ0v) is 9.97. The lowest BCUT2D eigenvalue weighted by Crippen LogP contribution is -2.21. The molecule has 1 rings (SSSR count). The Kier molecular flexibility index (Phi) is 5.54. The van der Waals surface area contributed by atoms with Gasteiger partial charge in [-0.2, -0.15) is 0 Å². The summed E-state index contributed by atoms with van der Waals surface area (Å²) in [4.78, 5) is 0. The van der Waals surface area contributed by atoms with Crippen LogP contribution in [0, 0.1) is 11.8 Å². The maximum absolute atomic E-state index is 5.94. The fourth-order valence-corrected chi connectivity index (χ4v) is 2.58. The van der Waals surface area contributed by atoms with E-state index >= 15 is 0 Å². The van der Waals surface area contributed by atoms with Gasteiger partial charge in [-0.1, -0.05) is 46.0 Å². The summed E-state index contributed by atoms with van der Waals surface area (Å²) < 4.78 is 0. The van der Waals surface area contributed by atoms with Crippen molar-refractivity contribution >= 4 is 0 Å². The number of hydrogen-bond acceptors (Lipinski definition) is 1. The highest BCUT2D eigenvalue weighted by molar-refractivity contribution is 4.73. The van der Waals surface area contributed by atoms with Gasteiger partial charge in [-0.3, -0.25) is 0 Å². The smallest absolute Gasteiger partial charge is 0.00363 e. The lowest BCUT2D eigenvalue weighted by Gasteiger charge is -2.28. The van der Waals surface area contributed by atoms with Crippen LogP contribution in [0.2, 0.25) is 0 Å². The minimum absolute atomic E-state index is 0.457. The van der Waals surface area contributed by atoms with E-state index in [9.17, 15) is 0 Å². The zero-order chi connectivity index (χ0) is 10.4. The van der Waals surface area contributed by atoms with Gasteiger partial charge >= 0.3 is 0 Å². The summed E-state index contributed by atoms with van der Waals surface area (Å²) in [6.45, 7) is 4.52. The normalized spacial score (nSPS) is 30.2. The molecule has 0 saturated heterocycles. The first-order valence-electron chi connectivity index (χ1n) is 6.51. The van der Waals surface area contributed by atoms with E-state index in [-0.39, 0.29) is 0 Å². The van der Waals surface area contributed by atoms with Crippen molar-refractivity contribution in [1.29, 1.82) is 0 Å². The van der Waals surface area contributed by atoms with E-state index in [0.29, 0.717) is 6.04 Å². The van der Waals surface area contributed by atoms with Gasteiger partial charge in [0.1, 0.15) is 0 Å². The molecule has 1 heteroatoms. The van der Waals surface area contributed by atoms with Gasteiger partial charge in [0.2, 0.25) is 0 Å². The van der Waals surface area contributed by atoms with Gasteiger partial charge in [-0.05, 0) is 31.1 Å². The summed E-state index contributed by atoms with van der Waals surface area (Å²) in [6.07, 6.45) is 11.0. The number of nitrogens with two attached hydrogens (primary N) is 1. The lowest BCUT2D eigenvalue weighted by atomic mass is 9.78. The van der Waals surface area contributed by atoms with Crippen LogP contribution in [-0.4, -0.2) is 6.04 Å². The molecule has 14 heavy (non-hydrogen) atoms. The van der Waals surface area contributed by atoms with E-state index in [2.05, 4.69) is 13.8 Å². The molecule has 1 saturated carbocycles. The van der Waals surface area contributed by atoms with E-state index in [1.54, 1.807) is 0 Å². The molecule has 1 aliphatic rings. The third-order valence-corrected chi connectivity index (χ3v) is 4.01. The third kappa shape index (κ3) is 4.00. The van der Waals surface area contributed by atoms with Crippen LogP contribution in [0.5, 0.6) is 0 Å². The minimum atomic E-state index is 0.457. The van der Waals surface area contributed by atoms with Gasteiger partial charge in [0, 0.05) is 6.04 Å². The monoisotopic (exact) mass is 197 g/mol. The van der Waals surface area contributed by atoms with Gasteiger partial charge in [0.05, 0.1) is 0 Å². The molecule has 0 spiro atoms. The van der Waals surface area contributed by atoms with E-state index < -0.39 is 0 Å². The van der Waals surface area contributed by atoms with Crippen molar-refractivity contribution in [2.24, 2.45) is 17.6 Å². The summed E-state index contributed by atoms with van der Waals surface area (Å²) in [6, 6.07) is 0.457. The summed E-state index contributed by atoms with van der Waals surface area (Å²) in [5.74, 6) is 2.03. The number of rotatable bonds is 5. The van der Waals surface area contributed by atoms with Crippen molar-refractivity contribution in [3.05, 3.63) is 0 Å². The quantitative estimate of drug-likeness (QED) is 0.714. The molecule has 1 aliphatic carbocycles. The molecular weight excluding hydrogens is 170 g/mol. The highest BCUT2D eigenvalue weighted by Gasteiger charge is 2.19. The first-order valence-corrected chi connectivity index (χ1v) is 6.51. The molecule has 1 unspecified atom stereocenters. The van der Waals surface area contributed by atoms with Crippen molar-refractivity contribution in [2.45, 2.75) is 71.3 Å². The average molecular weight is 197 g/mol. The summed E-state index contributed by atoms with van der Waals surface area (Å²) >= 11 is 0. The molecule has 0 aromatic heterocycles. The molecule has 84 valence electrons. The highest BCUT2D eigenvalue weighted by Crippen LogP contribution is 2.33. The molecular formula is C13H27N. The Morgan fingerprint density at radius 1 is 1.07 bits per heavy atom. The van der Waals surface area contributed by atoms with E-state index in [1.807, 2.05) is 0 Å². The maximum atomic E-state index is 5.94. The molecule has 0 radical (unpaired) electrons. The van der Waals surface area contributed by atoms with Crippen LogP contribution < -0.4 is 5.73 Å². The van der Waals surface area contributed by atoms with Gasteiger partial charge < -0.3 is 5.73 Å². The lowest BCUT2D eigenvalue weighted by molar-refractivity contribution is 0.251. The fourth-order valence-electron chi connectivity index (χ4n) is 2.58. The van der Waals surface area contributed by atoms with Crippen LogP contribution in [0.4, 0.5) is 0 Å². The maximum Gasteiger partial charge on any atom is 0.00363 e. The Bertz CT molecular complexity index is 136. The molecule has 2 N–H and O–H groups in total. The molecule has 0 amide bonds. The topological polar surface area (TPSA) is 26.0 Å². The van der Waals surface area contributed by atoms with Crippen molar-refractivity contribution in [1.82, 2.24) is 0 Å². The van der Waals surface area contributed by atoms with Crippen molar-refractivity contribution in [3.8, 4) is 0 Å². The summed E-state index contributed by atoms with van der Waals surface area (Å²) in [5.41, 5.74) is 5.94. The van der Waals surface area contributed by atoms with Crippen LogP contribution in [0.15, 0.2) is 0 Å². The van der Waals surface area contributed by atoms with Crippen molar-refractivity contribution in [3.63, 3.8) is 0 Å². The molecule has 0 aliphatic heterocycles. The van der Waals surface area contributed by atoms with Crippen molar-refractivity contribution < 1.29 is 0 Å². The van der Waals surface area contributed by atoms with Crippen molar-refractivity contribution in [2.75, 3.05) is 0 Å². The Balaban J connectivity index is 2.10. The van der Waals surface area contributed by atoms with Gasteiger partial charge in [0.15, 0.2) is 0 Å². The molecule has 1 fully saturated rings. The van der Waals surface area contributed by atoms with Crippen LogP contribution in [0.3, 0.4) is 0 Å². The van der Waals surface area contributed by atoms with E-state index in [0.717, 1.165) is 18.3 Å². The van der Waals surface area contributed by atoms with Crippen LogP contribution in [0.1, 0.15) is 65.2 Å². The molecule has 1 nitrogen and oxygen atoms in total. The average Bonchev–Trinajstić information content (AvgIpc) is 2.26.